The first-order valence-electron chi connectivity index (χ1n) is 7.21. The Morgan fingerprint density at radius 3 is 2.30 bits per heavy atom. The molecule has 1 rings (SSSR count). The normalized spacial score (nSPS) is 14.4. The first kappa shape index (κ1) is 19.0. The largest absolute Gasteiger partial charge is 0.480 e. The minimum absolute atomic E-state index is 0.0974. The fourth-order valence-corrected chi connectivity index (χ4v) is 2.13. The van der Waals surface area contributed by atoms with Gasteiger partial charge >= 0.3 is 12.1 Å². The zero-order valence-corrected chi connectivity index (χ0v) is 13.1. The topological polar surface area (TPSA) is 66.4 Å². The number of carbonyl (C=O) groups is 2. The Kier molecular flexibility index (Phi) is 6.18. The van der Waals surface area contributed by atoms with Crippen LogP contribution in [0.2, 0.25) is 0 Å². The molecule has 1 unspecified atom stereocenters. The average molecular weight is 331 g/mol. The summed E-state index contributed by atoms with van der Waals surface area (Å²) in [6, 6.07) is 3.74. The molecule has 2 atom stereocenters. The van der Waals surface area contributed by atoms with Crippen LogP contribution in [-0.4, -0.2) is 23.0 Å². The molecule has 0 radical (unpaired) electrons. The molecule has 0 spiro atoms. The van der Waals surface area contributed by atoms with Gasteiger partial charge in [0.1, 0.15) is 6.04 Å². The van der Waals surface area contributed by atoms with Crippen molar-refractivity contribution < 1.29 is 27.9 Å². The Morgan fingerprint density at radius 2 is 1.83 bits per heavy atom. The van der Waals surface area contributed by atoms with E-state index in [1.165, 1.54) is 12.1 Å². The SMILES string of the molecule is CC(Cc1cccc(C(F)(F)F)c1)C(=O)N[C@H](C(=O)O)C(C)C. The maximum absolute atomic E-state index is 12.7. The number of hydrogen-bond donors (Lipinski definition) is 2. The van der Waals surface area contributed by atoms with Crippen LogP contribution in [0.25, 0.3) is 0 Å². The molecule has 0 heterocycles. The van der Waals surface area contributed by atoms with E-state index in [0.717, 1.165) is 12.1 Å². The summed E-state index contributed by atoms with van der Waals surface area (Å²) in [4.78, 5) is 23.1. The average Bonchev–Trinajstić information content (AvgIpc) is 2.43. The molecule has 1 aromatic carbocycles. The molecule has 4 nitrogen and oxygen atoms in total. The number of carboxylic acids is 1. The second kappa shape index (κ2) is 7.48. The van der Waals surface area contributed by atoms with Gasteiger partial charge in [0.25, 0.3) is 0 Å². The van der Waals surface area contributed by atoms with Crippen molar-refractivity contribution in [2.45, 2.75) is 39.4 Å². The first-order valence-corrected chi connectivity index (χ1v) is 7.21. The minimum atomic E-state index is -4.44. The molecular formula is C16H20F3NO3. The van der Waals surface area contributed by atoms with Crippen LogP contribution in [0.4, 0.5) is 13.2 Å². The fraction of sp³-hybridized carbons (Fsp3) is 0.500. The van der Waals surface area contributed by atoms with Crippen LogP contribution in [0.1, 0.15) is 31.9 Å². The van der Waals surface area contributed by atoms with Gasteiger partial charge in [-0.25, -0.2) is 4.79 Å². The lowest BCUT2D eigenvalue weighted by atomic mass is 9.97. The Hall–Kier alpha value is -2.05. The molecule has 2 N–H and O–H groups in total. The van der Waals surface area contributed by atoms with E-state index in [2.05, 4.69) is 5.32 Å². The lowest BCUT2D eigenvalue weighted by Crippen LogP contribution is -2.46. The van der Waals surface area contributed by atoms with Crippen molar-refractivity contribution in [3.05, 3.63) is 35.4 Å². The van der Waals surface area contributed by atoms with Gasteiger partial charge in [0.2, 0.25) is 5.91 Å². The molecule has 1 amide bonds. The van der Waals surface area contributed by atoms with Crippen molar-refractivity contribution in [1.29, 1.82) is 0 Å². The molecule has 0 aliphatic rings. The van der Waals surface area contributed by atoms with Crippen LogP contribution >= 0.6 is 0 Å². The molecule has 0 bridgehead atoms. The molecule has 7 heteroatoms. The Morgan fingerprint density at radius 1 is 1.22 bits per heavy atom. The van der Waals surface area contributed by atoms with Gasteiger partial charge in [-0.05, 0) is 24.0 Å². The van der Waals surface area contributed by atoms with Crippen LogP contribution < -0.4 is 5.32 Å². The summed E-state index contributed by atoms with van der Waals surface area (Å²) in [6.45, 7) is 4.88. The summed E-state index contributed by atoms with van der Waals surface area (Å²) in [5, 5.41) is 11.5. The quantitative estimate of drug-likeness (QED) is 0.842. The zero-order chi connectivity index (χ0) is 17.8. The number of aliphatic carboxylic acids is 1. The number of carbonyl (C=O) groups excluding carboxylic acids is 1. The van der Waals surface area contributed by atoms with Crippen LogP contribution in [0.3, 0.4) is 0 Å². The summed E-state index contributed by atoms with van der Waals surface area (Å²) >= 11 is 0. The molecule has 0 aliphatic carbocycles. The van der Waals surface area contributed by atoms with Crippen molar-refractivity contribution >= 4 is 11.9 Å². The molecule has 0 aliphatic heterocycles. The highest BCUT2D eigenvalue weighted by molar-refractivity contribution is 5.85. The predicted molar refractivity (Wildman–Crippen MR) is 78.7 cm³/mol. The summed E-state index contributed by atoms with van der Waals surface area (Å²) < 4.78 is 38.0. The maximum atomic E-state index is 12.7. The number of rotatable bonds is 6. The van der Waals surface area contributed by atoms with Crippen LogP contribution in [0.5, 0.6) is 0 Å². The third-order valence-corrected chi connectivity index (χ3v) is 3.47. The second-order valence-electron chi connectivity index (χ2n) is 5.87. The van der Waals surface area contributed by atoms with Gasteiger partial charge in [0.05, 0.1) is 5.56 Å². The number of halogens is 3. The molecule has 128 valence electrons. The first-order chi connectivity index (χ1) is 10.5. The molecule has 0 fully saturated rings. The fourth-order valence-electron chi connectivity index (χ4n) is 2.13. The number of alkyl halides is 3. The number of amides is 1. The molecule has 0 aromatic heterocycles. The van der Waals surface area contributed by atoms with Crippen molar-refractivity contribution in [2.75, 3.05) is 0 Å². The van der Waals surface area contributed by atoms with Gasteiger partial charge in [-0.2, -0.15) is 13.2 Å². The predicted octanol–water partition coefficient (Wildman–Crippen LogP) is 3.11. The van der Waals surface area contributed by atoms with Crippen molar-refractivity contribution in [2.24, 2.45) is 11.8 Å². The van der Waals surface area contributed by atoms with E-state index in [9.17, 15) is 22.8 Å². The third-order valence-electron chi connectivity index (χ3n) is 3.47. The van der Waals surface area contributed by atoms with Crippen molar-refractivity contribution in [3.8, 4) is 0 Å². The summed E-state index contributed by atoms with van der Waals surface area (Å²) in [5.74, 6) is -2.57. The van der Waals surface area contributed by atoms with Crippen molar-refractivity contribution in [3.63, 3.8) is 0 Å². The van der Waals surface area contributed by atoms with E-state index in [1.807, 2.05) is 0 Å². The second-order valence-corrected chi connectivity index (χ2v) is 5.87. The number of hydrogen-bond acceptors (Lipinski definition) is 2. The van der Waals surface area contributed by atoms with E-state index in [4.69, 9.17) is 5.11 Å². The van der Waals surface area contributed by atoms with Crippen LogP contribution in [0.15, 0.2) is 24.3 Å². The maximum Gasteiger partial charge on any atom is 0.416 e. The summed E-state index contributed by atoms with van der Waals surface area (Å²) in [7, 11) is 0. The van der Waals surface area contributed by atoms with Crippen molar-refractivity contribution in [1.82, 2.24) is 5.32 Å². The van der Waals surface area contributed by atoms with Gasteiger partial charge < -0.3 is 10.4 Å². The Bertz CT molecular complexity index is 570. The van der Waals surface area contributed by atoms with Gasteiger partial charge in [-0.3, -0.25) is 4.79 Å². The van der Waals surface area contributed by atoms with E-state index in [1.54, 1.807) is 20.8 Å². The number of carboxylic acid groups (broad SMARTS) is 1. The molecule has 0 saturated carbocycles. The summed E-state index contributed by atoms with van der Waals surface area (Å²) in [5.41, 5.74) is -0.396. The van der Waals surface area contributed by atoms with Gasteiger partial charge in [0.15, 0.2) is 0 Å². The lowest BCUT2D eigenvalue weighted by molar-refractivity contribution is -0.143. The monoisotopic (exact) mass is 331 g/mol. The van der Waals surface area contributed by atoms with Crippen LogP contribution in [0, 0.1) is 11.8 Å². The molecule has 1 aromatic rings. The molecule has 0 saturated heterocycles. The van der Waals surface area contributed by atoms with E-state index in [-0.39, 0.29) is 12.3 Å². The molecular weight excluding hydrogens is 311 g/mol. The van der Waals surface area contributed by atoms with Gasteiger partial charge in [-0.1, -0.05) is 39.0 Å². The number of benzene rings is 1. The minimum Gasteiger partial charge on any atom is -0.480 e. The Balaban J connectivity index is 2.77. The highest BCUT2D eigenvalue weighted by atomic mass is 19.4. The van der Waals surface area contributed by atoms with Crippen LogP contribution in [-0.2, 0) is 22.2 Å². The summed E-state index contributed by atoms with van der Waals surface area (Å²) in [6.07, 6.45) is -4.34. The standard InChI is InChI=1S/C16H20F3NO3/c1-9(2)13(15(22)23)20-14(21)10(3)7-11-5-4-6-12(8-11)16(17,18)19/h4-6,8-10,13H,7H2,1-3H3,(H,20,21)(H,22,23)/t10?,13-/m0/s1. The highest BCUT2D eigenvalue weighted by Gasteiger charge is 2.31. The van der Waals surface area contributed by atoms with E-state index < -0.39 is 35.6 Å². The van der Waals surface area contributed by atoms with Gasteiger partial charge in [0, 0.05) is 5.92 Å². The Labute approximate surface area is 132 Å². The smallest absolute Gasteiger partial charge is 0.416 e. The molecule has 23 heavy (non-hydrogen) atoms. The highest BCUT2D eigenvalue weighted by Crippen LogP contribution is 2.30. The zero-order valence-electron chi connectivity index (χ0n) is 13.1. The number of nitrogens with one attached hydrogen (secondary N) is 1. The van der Waals surface area contributed by atoms with Gasteiger partial charge in [-0.15, -0.1) is 0 Å². The lowest BCUT2D eigenvalue weighted by Gasteiger charge is -2.20. The van der Waals surface area contributed by atoms with E-state index in [0.29, 0.717) is 5.56 Å². The van der Waals surface area contributed by atoms with E-state index >= 15 is 0 Å². The third kappa shape index (κ3) is 5.58.